The molecule has 9 N–H and O–H groups in total. The summed E-state index contributed by atoms with van der Waals surface area (Å²) in [6.07, 6.45) is -0.868. The number of carbonyl (C=O) groups excluding carboxylic acids is 4. The van der Waals surface area contributed by atoms with Crippen LogP contribution in [0.2, 0.25) is 0 Å². The Balaban J connectivity index is 2.78. The van der Waals surface area contributed by atoms with E-state index >= 15 is 0 Å². The highest BCUT2D eigenvalue weighted by Gasteiger charge is 2.38. The highest BCUT2D eigenvalue weighted by Crippen LogP contribution is 2.19. The molecule has 0 spiro atoms. The van der Waals surface area contributed by atoms with Gasteiger partial charge in [-0.15, -0.1) is 0 Å². The molecule has 4 amide bonds. The summed E-state index contributed by atoms with van der Waals surface area (Å²) in [5.74, 6) is -4.47. The van der Waals surface area contributed by atoms with Gasteiger partial charge in [-0.05, 0) is 26.2 Å². The number of likely N-dealkylation sites (tertiary alicyclic amines) is 1. The van der Waals surface area contributed by atoms with E-state index in [-0.39, 0.29) is 19.4 Å². The summed E-state index contributed by atoms with van der Waals surface area (Å²) in [6, 6.07) is -5.08. The quantitative estimate of drug-likeness (QED) is 0.169. The van der Waals surface area contributed by atoms with Crippen molar-refractivity contribution in [2.24, 2.45) is 11.5 Å². The molecule has 1 aliphatic rings. The number of nitrogens with one attached hydrogen (secondary N) is 2. The van der Waals surface area contributed by atoms with E-state index in [2.05, 4.69) is 10.6 Å². The third kappa shape index (κ3) is 6.93. The summed E-state index contributed by atoms with van der Waals surface area (Å²) in [5, 5.41) is 32.5. The molecule has 0 aliphatic carbocycles. The molecule has 30 heavy (non-hydrogen) atoms. The minimum Gasteiger partial charge on any atom is -0.480 e. The number of hydrogen-bond donors (Lipinski definition) is 7. The zero-order chi connectivity index (χ0) is 23.0. The van der Waals surface area contributed by atoms with Gasteiger partial charge >= 0.3 is 5.97 Å². The number of carboxylic acid groups (broad SMARTS) is 1. The molecule has 1 aliphatic heterocycles. The molecule has 1 saturated heterocycles. The monoisotopic (exact) mass is 431 g/mol. The van der Waals surface area contributed by atoms with Crippen molar-refractivity contribution >= 4 is 29.6 Å². The maximum Gasteiger partial charge on any atom is 0.326 e. The third-order valence-electron chi connectivity index (χ3n) is 4.75. The summed E-state index contributed by atoms with van der Waals surface area (Å²) >= 11 is 0. The first-order valence-electron chi connectivity index (χ1n) is 9.46. The Hall–Kier alpha value is -2.77. The van der Waals surface area contributed by atoms with Crippen molar-refractivity contribution in [1.82, 2.24) is 15.5 Å². The highest BCUT2D eigenvalue weighted by atomic mass is 16.4. The Morgan fingerprint density at radius 2 is 1.80 bits per heavy atom. The first-order chi connectivity index (χ1) is 14.0. The van der Waals surface area contributed by atoms with Crippen LogP contribution >= 0.6 is 0 Å². The first kappa shape index (κ1) is 25.3. The van der Waals surface area contributed by atoms with Crippen molar-refractivity contribution < 1.29 is 39.3 Å². The molecule has 5 atom stereocenters. The van der Waals surface area contributed by atoms with Gasteiger partial charge in [0.05, 0.1) is 12.7 Å². The molecule has 1 fully saturated rings. The Morgan fingerprint density at radius 1 is 1.17 bits per heavy atom. The number of aliphatic hydroxyl groups is 2. The summed E-state index contributed by atoms with van der Waals surface area (Å²) in [4.78, 5) is 60.5. The van der Waals surface area contributed by atoms with Gasteiger partial charge in [-0.3, -0.25) is 19.2 Å². The third-order valence-corrected chi connectivity index (χ3v) is 4.75. The van der Waals surface area contributed by atoms with Crippen LogP contribution < -0.4 is 22.1 Å². The van der Waals surface area contributed by atoms with Gasteiger partial charge in [-0.1, -0.05) is 0 Å². The van der Waals surface area contributed by atoms with Crippen LogP contribution in [0, 0.1) is 0 Å². The van der Waals surface area contributed by atoms with E-state index in [1.165, 1.54) is 11.8 Å². The second kappa shape index (κ2) is 11.4. The van der Waals surface area contributed by atoms with Crippen LogP contribution in [0.4, 0.5) is 0 Å². The van der Waals surface area contributed by atoms with Gasteiger partial charge in [-0.2, -0.15) is 0 Å². The average molecular weight is 431 g/mol. The van der Waals surface area contributed by atoms with E-state index in [1.54, 1.807) is 0 Å². The Morgan fingerprint density at radius 3 is 2.30 bits per heavy atom. The molecule has 1 heterocycles. The standard InChI is InChI=1S/C17H29N5O8/c1-8(24)13(19)16(28)22-6-2-3-11(22)15(27)21-10(7-23)14(26)20-9(17(29)30)4-5-12(18)25/h8-11,13,23-24H,2-7,19H2,1H3,(H2,18,25)(H,20,26)(H,21,27)(H,29,30). The van der Waals surface area contributed by atoms with Crippen LogP contribution in [-0.4, -0.2) is 93.2 Å². The van der Waals surface area contributed by atoms with Gasteiger partial charge in [0.15, 0.2) is 0 Å². The number of nitrogens with zero attached hydrogens (tertiary/aromatic N) is 1. The summed E-state index contributed by atoms with van der Waals surface area (Å²) in [7, 11) is 0. The Labute approximate surface area is 172 Å². The number of hydrogen-bond acceptors (Lipinski definition) is 8. The Kier molecular flexibility index (Phi) is 9.62. The molecule has 0 radical (unpaired) electrons. The number of aliphatic hydroxyl groups excluding tert-OH is 2. The smallest absolute Gasteiger partial charge is 0.326 e. The van der Waals surface area contributed by atoms with Crippen molar-refractivity contribution in [2.75, 3.05) is 13.2 Å². The van der Waals surface area contributed by atoms with Crippen molar-refractivity contribution in [2.45, 2.75) is 62.9 Å². The summed E-state index contributed by atoms with van der Waals surface area (Å²) in [5.41, 5.74) is 10.6. The number of carboxylic acids is 1. The lowest BCUT2D eigenvalue weighted by atomic mass is 10.1. The fourth-order valence-corrected chi connectivity index (χ4v) is 2.98. The average Bonchev–Trinajstić information content (AvgIpc) is 3.17. The van der Waals surface area contributed by atoms with Gasteiger partial charge in [0.25, 0.3) is 0 Å². The number of aliphatic carboxylic acids is 1. The number of amides is 4. The van der Waals surface area contributed by atoms with Gasteiger partial charge in [0.1, 0.15) is 24.2 Å². The maximum absolute atomic E-state index is 12.6. The lowest BCUT2D eigenvalue weighted by Gasteiger charge is -2.29. The molecule has 170 valence electrons. The van der Waals surface area contributed by atoms with E-state index in [0.29, 0.717) is 12.8 Å². The minimum absolute atomic E-state index is 0.238. The van der Waals surface area contributed by atoms with Gasteiger partial charge in [0.2, 0.25) is 23.6 Å². The summed E-state index contributed by atoms with van der Waals surface area (Å²) in [6.45, 7) is 0.756. The summed E-state index contributed by atoms with van der Waals surface area (Å²) < 4.78 is 0. The molecule has 13 heteroatoms. The van der Waals surface area contributed by atoms with Crippen LogP contribution in [-0.2, 0) is 24.0 Å². The second-order valence-electron chi connectivity index (χ2n) is 7.10. The van der Waals surface area contributed by atoms with Gasteiger partial charge < -0.3 is 42.3 Å². The fraction of sp³-hybridized carbons (Fsp3) is 0.706. The van der Waals surface area contributed by atoms with Crippen LogP contribution in [0.5, 0.6) is 0 Å². The minimum atomic E-state index is -1.48. The van der Waals surface area contributed by atoms with Crippen LogP contribution in [0.3, 0.4) is 0 Å². The number of primary amides is 1. The fourth-order valence-electron chi connectivity index (χ4n) is 2.98. The van der Waals surface area contributed by atoms with Crippen LogP contribution in [0.1, 0.15) is 32.6 Å². The molecule has 0 bridgehead atoms. The highest BCUT2D eigenvalue weighted by molar-refractivity contribution is 5.94. The molecule has 0 saturated carbocycles. The molecule has 13 nitrogen and oxygen atoms in total. The lowest BCUT2D eigenvalue weighted by Crippen LogP contribution is -2.58. The second-order valence-corrected chi connectivity index (χ2v) is 7.10. The van der Waals surface area contributed by atoms with E-state index in [0.717, 1.165) is 0 Å². The van der Waals surface area contributed by atoms with Crippen molar-refractivity contribution in [3.8, 4) is 0 Å². The molecule has 0 aromatic carbocycles. The Bertz CT molecular complexity index is 671. The van der Waals surface area contributed by atoms with Crippen molar-refractivity contribution in [3.05, 3.63) is 0 Å². The van der Waals surface area contributed by atoms with Crippen molar-refractivity contribution in [1.29, 1.82) is 0 Å². The molecule has 1 rings (SSSR count). The van der Waals surface area contributed by atoms with E-state index in [1.807, 2.05) is 0 Å². The predicted molar refractivity (Wildman–Crippen MR) is 101 cm³/mol. The topological polar surface area (TPSA) is 225 Å². The molecule has 0 aromatic rings. The zero-order valence-corrected chi connectivity index (χ0v) is 16.6. The lowest BCUT2D eigenvalue weighted by molar-refractivity contribution is -0.144. The van der Waals surface area contributed by atoms with Crippen LogP contribution in [0.25, 0.3) is 0 Å². The first-order valence-corrected chi connectivity index (χ1v) is 9.46. The predicted octanol–water partition coefficient (Wildman–Crippen LogP) is -4.00. The van der Waals surface area contributed by atoms with Crippen molar-refractivity contribution in [3.63, 3.8) is 0 Å². The maximum atomic E-state index is 12.6. The number of carbonyl (C=O) groups is 5. The number of rotatable bonds is 11. The molecule has 0 aromatic heterocycles. The van der Waals surface area contributed by atoms with Gasteiger partial charge in [-0.25, -0.2) is 4.79 Å². The molecular weight excluding hydrogens is 402 g/mol. The zero-order valence-electron chi connectivity index (χ0n) is 16.6. The van der Waals surface area contributed by atoms with E-state index < -0.39 is 66.5 Å². The van der Waals surface area contributed by atoms with Gasteiger partial charge in [0, 0.05) is 13.0 Å². The number of nitrogens with two attached hydrogens (primary N) is 2. The van der Waals surface area contributed by atoms with E-state index in [9.17, 15) is 34.2 Å². The van der Waals surface area contributed by atoms with Crippen LogP contribution in [0.15, 0.2) is 0 Å². The normalized spacial score (nSPS) is 20.0. The molecular formula is C17H29N5O8. The largest absolute Gasteiger partial charge is 0.480 e. The van der Waals surface area contributed by atoms with E-state index in [4.69, 9.17) is 16.6 Å². The molecule has 5 unspecified atom stereocenters. The SMILES string of the molecule is CC(O)C(N)C(=O)N1CCCC1C(=O)NC(CO)C(=O)NC(CCC(N)=O)C(=O)O.